The van der Waals surface area contributed by atoms with E-state index in [0.29, 0.717) is 0 Å². The molecule has 0 aliphatic carbocycles. The van der Waals surface area contributed by atoms with E-state index < -0.39 is 18.4 Å². The Hall–Kier alpha value is 1.03. The fraction of sp³-hybridized carbons (Fsp3) is 0.789. The first-order valence-electron chi connectivity index (χ1n) is 9.38. The summed E-state index contributed by atoms with van der Waals surface area (Å²) in [4.78, 5) is 4.76. The zero-order valence-corrected chi connectivity index (χ0v) is 20.2. The maximum absolute atomic E-state index is 4.76. The van der Waals surface area contributed by atoms with Crippen LogP contribution in [0.4, 0.5) is 0 Å². The Bertz CT molecular complexity index is 306. The average molecular weight is 438 g/mol. The first-order valence-corrected chi connectivity index (χ1v) is 17.8. The molecule has 0 fully saturated rings. The molecule has 0 atom stereocenters. The van der Waals surface area contributed by atoms with Crippen molar-refractivity contribution in [3.63, 3.8) is 0 Å². The van der Waals surface area contributed by atoms with Gasteiger partial charge in [-0.3, -0.25) is 0 Å². The van der Waals surface area contributed by atoms with Crippen molar-refractivity contribution in [2.24, 2.45) is 0 Å². The number of hydrogen-bond acceptors (Lipinski definition) is 2. The summed E-state index contributed by atoms with van der Waals surface area (Å²) in [6, 6.07) is 0. The van der Waals surface area contributed by atoms with E-state index >= 15 is 0 Å². The maximum atomic E-state index is 4.76. The molecule has 0 radical (unpaired) electrons. The molecule has 0 amide bonds. The van der Waals surface area contributed by atoms with Crippen LogP contribution >= 0.6 is 11.3 Å². The molecule has 1 rings (SSSR count). The van der Waals surface area contributed by atoms with Crippen molar-refractivity contribution < 1.29 is 18.9 Å². The predicted molar refractivity (Wildman–Crippen MR) is 107 cm³/mol. The van der Waals surface area contributed by atoms with Gasteiger partial charge in [-0.25, -0.2) is 0 Å². The van der Waals surface area contributed by atoms with Crippen LogP contribution in [0.1, 0.15) is 79.1 Å². The molecule has 0 saturated heterocycles. The number of hydrogen-bond donors (Lipinski definition) is 0. The number of rotatable bonds is 11. The summed E-state index contributed by atoms with van der Waals surface area (Å²) < 4.78 is 6.20. The van der Waals surface area contributed by atoms with Gasteiger partial charge in [0.1, 0.15) is 0 Å². The molecule has 1 nitrogen and oxygen atoms in total. The van der Waals surface area contributed by atoms with Crippen molar-refractivity contribution in [1.29, 1.82) is 0 Å². The number of aromatic nitrogens is 1. The smallest absolute Gasteiger partial charge is 0.343 e. The molecule has 1 aromatic rings. The standard InChI is InChI=1S/4C4H9.C3H2NS.Li.Sn/c4*1-3-4-2;1-2-5-3-4-1;;/h4*1,3-4H2,2H3;2-3H;;/q;;;-1;;+1;. The summed E-state index contributed by atoms with van der Waals surface area (Å²) in [7, 11) is 0. The van der Waals surface area contributed by atoms with Crippen LogP contribution in [0, 0.1) is 6.92 Å². The second-order valence-electron chi connectivity index (χ2n) is 6.32. The SMILES string of the molecule is CCC[CH2][Sn]([CH2]CCC)([CH2]CCC)[c]1cscn1.[CH2-]CCC.[Li+]. The van der Waals surface area contributed by atoms with Gasteiger partial charge in [-0.05, 0) is 0 Å². The normalized spacial score (nSPS) is 10.7. The van der Waals surface area contributed by atoms with Gasteiger partial charge in [0.15, 0.2) is 0 Å². The Morgan fingerprint density at radius 2 is 1.35 bits per heavy atom. The third-order valence-electron chi connectivity index (χ3n) is 4.36. The third kappa shape index (κ3) is 11.3. The van der Waals surface area contributed by atoms with E-state index in [1.165, 1.54) is 58.3 Å². The Morgan fingerprint density at radius 3 is 1.61 bits per heavy atom. The number of unbranched alkanes of at least 4 members (excludes halogenated alkanes) is 4. The number of nitrogens with zero attached hydrogens (tertiary/aromatic N) is 1. The number of thiazole rings is 1. The Labute approximate surface area is 166 Å². The van der Waals surface area contributed by atoms with E-state index in [1.807, 2.05) is 11.3 Å². The van der Waals surface area contributed by atoms with Crippen LogP contribution in [0.15, 0.2) is 10.9 Å². The Balaban J connectivity index is 0. The minimum absolute atomic E-state index is 0. The zero-order valence-electron chi connectivity index (χ0n) is 16.5. The van der Waals surface area contributed by atoms with Gasteiger partial charge in [0.2, 0.25) is 0 Å². The fourth-order valence-electron chi connectivity index (χ4n) is 2.78. The summed E-state index contributed by atoms with van der Waals surface area (Å²) in [6.45, 7) is 12.7. The molecule has 0 N–H and O–H groups in total. The van der Waals surface area contributed by atoms with E-state index in [4.69, 9.17) is 4.98 Å². The quantitative estimate of drug-likeness (QED) is 0.378. The molecule has 130 valence electrons. The predicted octanol–water partition coefficient (Wildman–Crippen LogP) is 3.82. The molecule has 0 aliphatic heterocycles. The summed E-state index contributed by atoms with van der Waals surface area (Å²) in [5, 5.41) is 2.39. The van der Waals surface area contributed by atoms with Crippen molar-refractivity contribution in [1.82, 2.24) is 4.98 Å². The zero-order chi connectivity index (χ0) is 16.7. The average Bonchev–Trinajstić information content (AvgIpc) is 3.10. The summed E-state index contributed by atoms with van der Waals surface area (Å²) in [5.74, 6) is 0. The Kier molecular flexibility index (Phi) is 20.4. The molecule has 1 heterocycles. The minimum Gasteiger partial charge on any atom is -0.343 e. The van der Waals surface area contributed by atoms with Crippen molar-refractivity contribution in [3.05, 3.63) is 17.8 Å². The maximum Gasteiger partial charge on any atom is 1.00 e. The van der Waals surface area contributed by atoms with Gasteiger partial charge in [0.25, 0.3) is 0 Å². The van der Waals surface area contributed by atoms with Gasteiger partial charge in [-0.15, -0.1) is 0 Å². The third-order valence-corrected chi connectivity index (χ3v) is 20.6. The summed E-state index contributed by atoms with van der Waals surface area (Å²) >= 11 is -0.325. The van der Waals surface area contributed by atoms with Gasteiger partial charge in [0.05, 0.1) is 0 Å². The van der Waals surface area contributed by atoms with E-state index in [9.17, 15) is 0 Å². The molecule has 0 bridgehead atoms. The van der Waals surface area contributed by atoms with Gasteiger partial charge < -0.3 is 6.92 Å². The molecular weight excluding hydrogens is 400 g/mol. The van der Waals surface area contributed by atoms with Gasteiger partial charge >= 0.3 is 141 Å². The van der Waals surface area contributed by atoms with Crippen LogP contribution in [0.2, 0.25) is 13.3 Å². The molecule has 0 aromatic carbocycles. The molecule has 4 heteroatoms. The monoisotopic (exact) mass is 439 g/mol. The molecule has 0 spiro atoms. The van der Waals surface area contributed by atoms with Gasteiger partial charge in [0, 0.05) is 0 Å². The second-order valence-corrected chi connectivity index (χ2v) is 20.1. The van der Waals surface area contributed by atoms with Crippen molar-refractivity contribution in [2.75, 3.05) is 0 Å². The van der Waals surface area contributed by atoms with Crippen LogP contribution in [0.5, 0.6) is 0 Å². The van der Waals surface area contributed by atoms with E-state index in [0.717, 1.165) is 6.42 Å². The molecule has 0 saturated carbocycles. The topological polar surface area (TPSA) is 12.9 Å². The molecule has 23 heavy (non-hydrogen) atoms. The van der Waals surface area contributed by atoms with E-state index in [-0.39, 0.29) is 18.9 Å². The van der Waals surface area contributed by atoms with Crippen LogP contribution in [0.3, 0.4) is 0 Å². The molecule has 1 aromatic heterocycles. The van der Waals surface area contributed by atoms with Crippen LogP contribution in [-0.4, -0.2) is 23.4 Å². The van der Waals surface area contributed by atoms with Crippen molar-refractivity contribution in [2.45, 2.75) is 92.4 Å². The fourth-order valence-corrected chi connectivity index (χ4v) is 20.6. The van der Waals surface area contributed by atoms with E-state index in [1.54, 1.807) is 3.71 Å². The summed E-state index contributed by atoms with van der Waals surface area (Å²) in [5.41, 5.74) is 2.06. The second kappa shape index (κ2) is 17.8. The minimum atomic E-state index is -2.13. The summed E-state index contributed by atoms with van der Waals surface area (Å²) in [6.07, 6.45) is 10.6. The van der Waals surface area contributed by atoms with E-state index in [2.05, 4.69) is 45.5 Å². The van der Waals surface area contributed by atoms with Crippen LogP contribution < -0.4 is 22.6 Å². The van der Waals surface area contributed by atoms with Crippen LogP contribution in [-0.2, 0) is 0 Å². The van der Waals surface area contributed by atoms with Gasteiger partial charge in [-0.1, -0.05) is 13.3 Å². The molecular formula is C19H38LiNSSn. The first kappa shape index (κ1) is 26.3. The Morgan fingerprint density at radius 1 is 0.913 bits per heavy atom. The van der Waals surface area contributed by atoms with Crippen molar-refractivity contribution >= 4 is 33.4 Å². The van der Waals surface area contributed by atoms with Crippen molar-refractivity contribution in [3.8, 4) is 0 Å². The molecule has 0 aliphatic rings. The largest absolute Gasteiger partial charge is 1.00 e. The molecule has 0 unspecified atom stereocenters. The van der Waals surface area contributed by atoms with Gasteiger partial charge in [-0.2, -0.15) is 6.42 Å². The van der Waals surface area contributed by atoms with Crippen LogP contribution in [0.25, 0.3) is 0 Å². The first-order chi connectivity index (χ1) is 10.7.